The number of aromatic nitrogens is 2. The molecule has 1 N–H and O–H groups in total. The van der Waals surface area contributed by atoms with Crippen LogP contribution < -0.4 is 9.46 Å². The molecule has 0 aliphatic heterocycles. The molecule has 0 bridgehead atoms. The number of halogens is 2. The second-order valence-corrected chi connectivity index (χ2v) is 9.08. The Morgan fingerprint density at radius 2 is 1.88 bits per heavy atom. The van der Waals surface area contributed by atoms with Crippen LogP contribution in [0.3, 0.4) is 0 Å². The monoisotopic (exact) mass is 507 g/mol. The smallest absolute Gasteiger partial charge is 0.263 e. The van der Waals surface area contributed by atoms with Gasteiger partial charge in [0.2, 0.25) is 5.13 Å². The van der Waals surface area contributed by atoms with Crippen molar-refractivity contribution in [2.45, 2.75) is 4.90 Å². The molecule has 0 saturated carbocycles. The number of hydrogen-bond donors (Lipinski definition) is 1. The van der Waals surface area contributed by atoms with E-state index in [0.29, 0.717) is 19.3 Å². The molecule has 25 heavy (non-hydrogen) atoms. The van der Waals surface area contributed by atoms with Gasteiger partial charge in [0.15, 0.2) is 0 Å². The maximum atomic E-state index is 12.5. The Morgan fingerprint density at radius 1 is 1.16 bits per heavy atom. The molecule has 0 radical (unpaired) electrons. The highest BCUT2D eigenvalue weighted by Crippen LogP contribution is 2.29. The largest absolute Gasteiger partial charge is 0.496 e. The molecule has 3 aromatic rings. The number of hydrogen-bond acceptors (Lipinski definition) is 6. The normalized spacial score (nSPS) is 11.3. The maximum Gasteiger partial charge on any atom is 0.263 e. The Hall–Kier alpha value is -1.43. The highest BCUT2D eigenvalue weighted by atomic mass is 127. The molecule has 6 nitrogen and oxygen atoms in total. The van der Waals surface area contributed by atoms with Crippen LogP contribution in [0.4, 0.5) is 5.13 Å². The van der Waals surface area contributed by atoms with Gasteiger partial charge in [0.1, 0.15) is 10.8 Å². The molecule has 130 valence electrons. The highest BCUT2D eigenvalue weighted by molar-refractivity contribution is 14.1. The van der Waals surface area contributed by atoms with Crippen molar-refractivity contribution in [2.24, 2.45) is 0 Å². The van der Waals surface area contributed by atoms with Crippen LogP contribution in [0.2, 0.25) is 5.02 Å². The lowest BCUT2D eigenvalue weighted by Gasteiger charge is -2.07. The standard InChI is InChI=1S/C15H11ClIN3O3S2/c1-23-13-7-6-11(8-12(13)17)25(21,22)20-15-19-18-14(24-15)9-2-4-10(16)5-3-9/h2-8H,1H3,(H,19,20). The number of benzene rings is 2. The molecule has 0 aliphatic carbocycles. The molecule has 0 unspecified atom stereocenters. The lowest BCUT2D eigenvalue weighted by molar-refractivity contribution is 0.411. The Bertz CT molecular complexity index is 1010. The zero-order valence-electron chi connectivity index (χ0n) is 12.7. The Kier molecular flexibility index (Phi) is 5.46. The first-order valence-corrected chi connectivity index (χ1v) is 10.6. The molecule has 0 atom stereocenters. The first-order chi connectivity index (χ1) is 11.9. The minimum atomic E-state index is -3.76. The van der Waals surface area contributed by atoms with Crippen LogP contribution in [0, 0.1) is 3.57 Å². The highest BCUT2D eigenvalue weighted by Gasteiger charge is 2.18. The van der Waals surface area contributed by atoms with E-state index in [9.17, 15) is 8.42 Å². The lowest BCUT2D eigenvalue weighted by Crippen LogP contribution is -2.13. The number of ether oxygens (including phenoxy) is 1. The van der Waals surface area contributed by atoms with Gasteiger partial charge in [-0.2, -0.15) is 0 Å². The van der Waals surface area contributed by atoms with Gasteiger partial charge in [-0.3, -0.25) is 4.72 Å². The second kappa shape index (κ2) is 7.44. The van der Waals surface area contributed by atoms with E-state index in [4.69, 9.17) is 16.3 Å². The number of nitrogens with zero attached hydrogens (tertiary/aromatic N) is 2. The number of sulfonamides is 1. The third-order valence-electron chi connectivity index (χ3n) is 3.17. The van der Waals surface area contributed by atoms with Crippen LogP contribution in [-0.4, -0.2) is 25.7 Å². The van der Waals surface area contributed by atoms with Gasteiger partial charge in [-0.25, -0.2) is 8.42 Å². The molecule has 0 aliphatic rings. The second-order valence-electron chi connectivity index (χ2n) is 4.82. The summed E-state index contributed by atoms with van der Waals surface area (Å²) in [6.45, 7) is 0. The molecule has 0 saturated heterocycles. The van der Waals surface area contributed by atoms with Gasteiger partial charge < -0.3 is 4.74 Å². The van der Waals surface area contributed by atoms with Crippen molar-refractivity contribution in [1.82, 2.24) is 10.2 Å². The van der Waals surface area contributed by atoms with Crippen LogP contribution in [-0.2, 0) is 10.0 Å². The van der Waals surface area contributed by atoms with Gasteiger partial charge in [0, 0.05) is 10.6 Å². The zero-order chi connectivity index (χ0) is 18.0. The third kappa shape index (κ3) is 4.22. The van der Waals surface area contributed by atoms with Crippen LogP contribution in [0.15, 0.2) is 47.4 Å². The van der Waals surface area contributed by atoms with E-state index in [0.717, 1.165) is 16.9 Å². The van der Waals surface area contributed by atoms with E-state index in [1.165, 1.54) is 19.2 Å². The van der Waals surface area contributed by atoms with Gasteiger partial charge >= 0.3 is 0 Å². The zero-order valence-corrected chi connectivity index (χ0v) is 17.3. The molecule has 1 aromatic heterocycles. The van der Waals surface area contributed by atoms with E-state index in [2.05, 4.69) is 14.9 Å². The molecule has 2 aromatic carbocycles. The first kappa shape index (κ1) is 18.4. The molecule has 1 heterocycles. The van der Waals surface area contributed by atoms with Crippen molar-refractivity contribution in [2.75, 3.05) is 11.8 Å². The van der Waals surface area contributed by atoms with Gasteiger partial charge in [0.25, 0.3) is 10.0 Å². The average molecular weight is 508 g/mol. The lowest BCUT2D eigenvalue weighted by atomic mass is 10.2. The van der Waals surface area contributed by atoms with Gasteiger partial charge in [-0.05, 0) is 52.9 Å². The van der Waals surface area contributed by atoms with Crippen molar-refractivity contribution >= 4 is 60.7 Å². The summed E-state index contributed by atoms with van der Waals surface area (Å²) in [4.78, 5) is 0.126. The van der Waals surface area contributed by atoms with Crippen LogP contribution in [0.5, 0.6) is 5.75 Å². The van der Waals surface area contributed by atoms with Crippen molar-refractivity contribution in [3.63, 3.8) is 0 Å². The Labute approximate surface area is 167 Å². The quantitative estimate of drug-likeness (QED) is 0.522. The fourth-order valence-electron chi connectivity index (χ4n) is 1.96. The number of rotatable bonds is 5. The van der Waals surface area contributed by atoms with Crippen molar-refractivity contribution in [3.8, 4) is 16.3 Å². The molecule has 10 heteroatoms. The summed E-state index contributed by atoms with van der Waals surface area (Å²) >= 11 is 9.02. The average Bonchev–Trinajstić information content (AvgIpc) is 3.03. The van der Waals surface area contributed by atoms with Crippen LogP contribution in [0.25, 0.3) is 10.6 Å². The number of anilines is 1. The van der Waals surface area contributed by atoms with Gasteiger partial charge in [-0.1, -0.05) is 35.1 Å². The summed E-state index contributed by atoms with van der Waals surface area (Å²) in [5.41, 5.74) is 0.811. The Balaban J connectivity index is 1.84. The minimum Gasteiger partial charge on any atom is -0.496 e. The SMILES string of the molecule is COc1ccc(S(=O)(=O)Nc2nnc(-c3ccc(Cl)cc3)s2)cc1I. The topological polar surface area (TPSA) is 81.2 Å². The predicted molar refractivity (Wildman–Crippen MR) is 107 cm³/mol. The van der Waals surface area contributed by atoms with E-state index < -0.39 is 10.0 Å². The molecule has 0 spiro atoms. The summed E-state index contributed by atoms with van der Waals surface area (Å²) in [6, 6.07) is 11.7. The van der Waals surface area contributed by atoms with E-state index in [1.54, 1.807) is 30.3 Å². The van der Waals surface area contributed by atoms with Crippen molar-refractivity contribution < 1.29 is 13.2 Å². The molecule has 0 fully saturated rings. The number of nitrogens with one attached hydrogen (secondary N) is 1. The maximum absolute atomic E-state index is 12.5. The fraction of sp³-hybridized carbons (Fsp3) is 0.0667. The molecular formula is C15H11ClIN3O3S2. The van der Waals surface area contributed by atoms with Crippen LogP contribution in [0.1, 0.15) is 0 Å². The van der Waals surface area contributed by atoms with E-state index >= 15 is 0 Å². The Morgan fingerprint density at radius 3 is 2.52 bits per heavy atom. The summed E-state index contributed by atoms with van der Waals surface area (Å²) in [5, 5.41) is 9.32. The summed E-state index contributed by atoms with van der Waals surface area (Å²) in [5.74, 6) is 0.612. The van der Waals surface area contributed by atoms with E-state index in [1.807, 2.05) is 22.6 Å². The van der Waals surface area contributed by atoms with E-state index in [-0.39, 0.29) is 10.0 Å². The minimum absolute atomic E-state index is 0.126. The van der Waals surface area contributed by atoms with Gasteiger partial charge in [0.05, 0.1) is 15.6 Å². The summed E-state index contributed by atoms with van der Waals surface area (Å²) in [6.07, 6.45) is 0. The van der Waals surface area contributed by atoms with Crippen molar-refractivity contribution in [3.05, 3.63) is 51.1 Å². The molecule has 3 rings (SSSR count). The predicted octanol–water partition coefficient (Wildman–Crippen LogP) is 4.27. The summed E-state index contributed by atoms with van der Waals surface area (Å²) in [7, 11) is -2.23. The van der Waals surface area contributed by atoms with Crippen molar-refractivity contribution in [1.29, 1.82) is 0 Å². The first-order valence-electron chi connectivity index (χ1n) is 6.85. The summed E-state index contributed by atoms with van der Waals surface area (Å²) < 4.78 is 33.3. The van der Waals surface area contributed by atoms with Gasteiger partial charge in [-0.15, -0.1) is 10.2 Å². The molecular weight excluding hydrogens is 497 g/mol. The fourth-order valence-corrected chi connectivity index (χ4v) is 5.04. The van der Waals surface area contributed by atoms with Crippen LogP contribution >= 0.6 is 45.5 Å². The molecule has 0 amide bonds. The number of methoxy groups -OCH3 is 1. The third-order valence-corrected chi connectivity index (χ3v) is 6.62.